The summed E-state index contributed by atoms with van der Waals surface area (Å²) in [6.07, 6.45) is 3.64. The molecule has 3 aromatic heterocycles. The normalized spacial score (nSPS) is 12.3. The van der Waals surface area contributed by atoms with E-state index in [9.17, 15) is 4.79 Å². The third-order valence-corrected chi connectivity index (χ3v) is 5.41. The Kier molecular flexibility index (Phi) is 6.04. The summed E-state index contributed by atoms with van der Waals surface area (Å²) in [7, 11) is 3.15. The Labute approximate surface area is 166 Å². The van der Waals surface area contributed by atoms with Crippen molar-refractivity contribution in [3.63, 3.8) is 0 Å². The highest BCUT2D eigenvalue weighted by Gasteiger charge is 2.20. The molecule has 0 saturated heterocycles. The average molecular weight is 406 g/mol. The van der Waals surface area contributed by atoms with Gasteiger partial charge in [0.25, 0.3) is 0 Å². The highest BCUT2D eigenvalue weighted by Crippen LogP contribution is 2.31. The zero-order valence-corrected chi connectivity index (χ0v) is 17.1. The van der Waals surface area contributed by atoms with Crippen LogP contribution in [0.4, 0.5) is 0 Å². The summed E-state index contributed by atoms with van der Waals surface area (Å²) in [6, 6.07) is 1.70. The van der Waals surface area contributed by atoms with Crippen LogP contribution >= 0.6 is 22.9 Å². The van der Waals surface area contributed by atoms with Gasteiger partial charge in [0.05, 0.1) is 18.2 Å². The standard InChI is InChI=1S/C19H20ClN3O3S/c1-10(25-3)16-13(9-22-19-17(16)23-11(2)27-19)7-14(24)5-12-6-15(20)18(26-4)21-8-12/h6,8-10H,5,7H2,1-4H3. The van der Waals surface area contributed by atoms with Crippen LogP contribution in [0, 0.1) is 6.92 Å². The molecule has 0 aromatic carbocycles. The molecular formula is C19H20ClN3O3S. The van der Waals surface area contributed by atoms with Crippen molar-refractivity contribution in [2.24, 2.45) is 0 Å². The van der Waals surface area contributed by atoms with Crippen molar-refractivity contribution in [2.75, 3.05) is 14.2 Å². The number of pyridine rings is 2. The van der Waals surface area contributed by atoms with Crippen molar-refractivity contribution >= 4 is 39.1 Å². The summed E-state index contributed by atoms with van der Waals surface area (Å²) in [5.74, 6) is 0.383. The number of carbonyl (C=O) groups is 1. The van der Waals surface area contributed by atoms with Crippen LogP contribution in [0.1, 0.15) is 34.7 Å². The Balaban J connectivity index is 1.87. The first kappa shape index (κ1) is 19.7. The minimum atomic E-state index is -0.183. The molecule has 0 aliphatic heterocycles. The van der Waals surface area contributed by atoms with Crippen molar-refractivity contribution in [3.8, 4) is 5.88 Å². The molecule has 0 fully saturated rings. The van der Waals surface area contributed by atoms with Gasteiger partial charge in [-0.15, -0.1) is 0 Å². The van der Waals surface area contributed by atoms with Crippen molar-refractivity contribution in [3.05, 3.63) is 45.2 Å². The number of fused-ring (bicyclic) bond motifs is 1. The number of halogens is 1. The summed E-state index contributed by atoms with van der Waals surface area (Å²) in [4.78, 5) is 26.7. The molecule has 3 aromatic rings. The minimum Gasteiger partial charge on any atom is -0.480 e. The first-order valence-corrected chi connectivity index (χ1v) is 9.60. The third kappa shape index (κ3) is 4.26. The number of aryl methyl sites for hydroxylation is 1. The van der Waals surface area contributed by atoms with Crippen LogP contribution in [0.2, 0.25) is 5.02 Å². The highest BCUT2D eigenvalue weighted by molar-refractivity contribution is 7.18. The lowest BCUT2D eigenvalue weighted by Crippen LogP contribution is -2.11. The molecule has 1 atom stereocenters. The predicted octanol–water partition coefficient (Wildman–Crippen LogP) is 4.12. The number of carbonyl (C=O) groups excluding carboxylic acids is 1. The van der Waals surface area contributed by atoms with E-state index in [0.29, 0.717) is 10.9 Å². The van der Waals surface area contributed by atoms with Crippen molar-refractivity contribution in [2.45, 2.75) is 32.8 Å². The van der Waals surface area contributed by atoms with Crippen LogP contribution in [0.3, 0.4) is 0 Å². The molecule has 0 aliphatic carbocycles. The molecule has 6 nitrogen and oxygen atoms in total. The van der Waals surface area contributed by atoms with E-state index in [4.69, 9.17) is 21.1 Å². The maximum absolute atomic E-state index is 12.7. The zero-order chi connectivity index (χ0) is 19.6. The van der Waals surface area contributed by atoms with Crippen LogP contribution in [-0.4, -0.2) is 35.0 Å². The number of aromatic nitrogens is 3. The average Bonchev–Trinajstić information content (AvgIpc) is 3.01. The van der Waals surface area contributed by atoms with Crippen LogP contribution in [-0.2, 0) is 22.4 Å². The van der Waals surface area contributed by atoms with Gasteiger partial charge >= 0.3 is 0 Å². The SMILES string of the molecule is COc1ncc(CC(=O)Cc2cnc3sc(C)nc3c2C(C)OC)cc1Cl. The van der Waals surface area contributed by atoms with Crippen molar-refractivity contribution in [1.29, 1.82) is 0 Å². The second-order valence-electron chi connectivity index (χ2n) is 6.19. The maximum atomic E-state index is 12.7. The number of hydrogen-bond acceptors (Lipinski definition) is 7. The van der Waals surface area contributed by atoms with Crippen LogP contribution in [0.15, 0.2) is 18.5 Å². The lowest BCUT2D eigenvalue weighted by molar-refractivity contribution is -0.117. The van der Waals surface area contributed by atoms with Gasteiger partial charge in [-0.25, -0.2) is 15.0 Å². The van der Waals surface area contributed by atoms with Crippen LogP contribution < -0.4 is 4.74 Å². The summed E-state index contributed by atoms with van der Waals surface area (Å²) in [6.45, 7) is 3.89. The first-order chi connectivity index (χ1) is 12.9. The summed E-state index contributed by atoms with van der Waals surface area (Å²) in [5, 5.41) is 1.32. The van der Waals surface area contributed by atoms with Gasteiger partial charge in [-0.1, -0.05) is 22.9 Å². The second-order valence-corrected chi connectivity index (χ2v) is 7.78. The molecule has 1 unspecified atom stereocenters. The van der Waals surface area contributed by atoms with E-state index in [0.717, 1.165) is 32.0 Å². The summed E-state index contributed by atoms with van der Waals surface area (Å²) >= 11 is 7.63. The number of ether oxygens (including phenoxy) is 2. The molecular weight excluding hydrogens is 386 g/mol. The number of nitrogens with zero attached hydrogens (tertiary/aromatic N) is 3. The fourth-order valence-electron chi connectivity index (χ4n) is 2.96. The van der Waals surface area contributed by atoms with E-state index in [1.54, 1.807) is 25.6 Å². The topological polar surface area (TPSA) is 74.2 Å². The molecule has 0 spiro atoms. The summed E-state index contributed by atoms with van der Waals surface area (Å²) < 4.78 is 10.6. The molecule has 27 heavy (non-hydrogen) atoms. The number of methoxy groups -OCH3 is 2. The molecule has 0 bridgehead atoms. The van der Waals surface area contributed by atoms with E-state index < -0.39 is 0 Å². The second kappa shape index (κ2) is 8.29. The zero-order valence-electron chi connectivity index (χ0n) is 15.6. The van der Waals surface area contributed by atoms with Crippen molar-refractivity contribution in [1.82, 2.24) is 15.0 Å². The van der Waals surface area contributed by atoms with E-state index >= 15 is 0 Å². The smallest absolute Gasteiger partial charge is 0.232 e. The molecule has 0 N–H and O–H groups in total. The highest BCUT2D eigenvalue weighted by atomic mass is 35.5. The molecule has 8 heteroatoms. The Bertz CT molecular complexity index is 990. The van der Waals surface area contributed by atoms with Crippen LogP contribution in [0.25, 0.3) is 10.3 Å². The lowest BCUT2D eigenvalue weighted by atomic mass is 9.98. The van der Waals surface area contributed by atoms with Gasteiger partial charge in [0.15, 0.2) is 0 Å². The third-order valence-electron chi connectivity index (χ3n) is 4.26. The quantitative estimate of drug-likeness (QED) is 0.588. The fourth-order valence-corrected chi connectivity index (χ4v) is 4.00. The molecule has 0 saturated carbocycles. The van der Waals surface area contributed by atoms with Gasteiger partial charge in [-0.3, -0.25) is 4.79 Å². The molecule has 0 aliphatic rings. The monoisotopic (exact) mass is 405 g/mol. The van der Waals surface area contributed by atoms with E-state index in [-0.39, 0.29) is 24.7 Å². The predicted molar refractivity (Wildman–Crippen MR) is 106 cm³/mol. The van der Waals surface area contributed by atoms with Gasteiger partial charge in [0.2, 0.25) is 5.88 Å². The number of rotatable bonds is 7. The van der Waals surface area contributed by atoms with Crippen molar-refractivity contribution < 1.29 is 14.3 Å². The summed E-state index contributed by atoms with van der Waals surface area (Å²) in [5.41, 5.74) is 3.31. The Hall–Kier alpha value is -2.09. The Morgan fingerprint density at radius 3 is 2.70 bits per heavy atom. The Morgan fingerprint density at radius 2 is 2.04 bits per heavy atom. The van der Waals surface area contributed by atoms with E-state index in [1.807, 2.05) is 13.8 Å². The van der Waals surface area contributed by atoms with Gasteiger partial charge < -0.3 is 9.47 Å². The molecule has 142 valence electrons. The van der Waals surface area contributed by atoms with E-state index in [2.05, 4.69) is 15.0 Å². The van der Waals surface area contributed by atoms with Gasteiger partial charge in [0.1, 0.15) is 21.2 Å². The number of thiazole rings is 1. The number of hydrogen-bond donors (Lipinski definition) is 0. The Morgan fingerprint density at radius 1 is 1.26 bits per heavy atom. The first-order valence-electron chi connectivity index (χ1n) is 8.40. The van der Waals surface area contributed by atoms with E-state index in [1.165, 1.54) is 18.4 Å². The largest absolute Gasteiger partial charge is 0.480 e. The maximum Gasteiger partial charge on any atom is 0.232 e. The molecule has 0 amide bonds. The minimum absolute atomic E-state index is 0.0377. The van der Waals surface area contributed by atoms with Gasteiger partial charge in [-0.05, 0) is 31.0 Å². The van der Waals surface area contributed by atoms with Gasteiger partial charge in [0, 0.05) is 37.9 Å². The molecule has 3 heterocycles. The van der Waals surface area contributed by atoms with Gasteiger partial charge in [-0.2, -0.15) is 0 Å². The number of ketones is 1. The van der Waals surface area contributed by atoms with Crippen LogP contribution in [0.5, 0.6) is 5.88 Å². The molecule has 3 rings (SSSR count). The number of Topliss-reactive ketones (excluding diaryl/α,β-unsaturated/α-hetero) is 1. The lowest BCUT2D eigenvalue weighted by Gasteiger charge is -2.15. The molecule has 0 radical (unpaired) electrons. The fraction of sp³-hybridized carbons (Fsp3) is 0.368.